The smallest absolute Gasteiger partial charge is 0.340 e. The molecule has 1 saturated heterocycles. The van der Waals surface area contributed by atoms with E-state index < -0.39 is 0 Å². The lowest BCUT2D eigenvalue weighted by Gasteiger charge is -2.34. The number of esters is 1. The lowest BCUT2D eigenvalue weighted by molar-refractivity contribution is 0.0525. The molecule has 2 rings (SSSR count). The van der Waals surface area contributed by atoms with Gasteiger partial charge in [-0.3, -0.25) is 9.69 Å². The van der Waals surface area contributed by atoms with Crippen LogP contribution in [-0.4, -0.2) is 47.9 Å². The Bertz CT molecular complexity index is 581. The van der Waals surface area contributed by atoms with Gasteiger partial charge in [0.05, 0.1) is 24.4 Å². The molecule has 128 valence electrons. The maximum absolute atomic E-state index is 12.7. The van der Waals surface area contributed by atoms with Crippen molar-refractivity contribution in [3.8, 4) is 0 Å². The number of carbonyl (C=O) groups excluding carboxylic acids is 2. The fourth-order valence-corrected chi connectivity index (χ4v) is 3.74. The van der Waals surface area contributed by atoms with Gasteiger partial charge in [-0.05, 0) is 44.6 Å². The molecule has 1 aromatic heterocycles. The van der Waals surface area contributed by atoms with Crippen LogP contribution in [0.5, 0.6) is 0 Å². The van der Waals surface area contributed by atoms with E-state index in [2.05, 4.69) is 23.7 Å². The van der Waals surface area contributed by atoms with Crippen LogP contribution in [0.1, 0.15) is 59.3 Å². The van der Waals surface area contributed by atoms with Gasteiger partial charge in [0.2, 0.25) is 0 Å². The molecule has 2 unspecified atom stereocenters. The third kappa shape index (κ3) is 4.02. The number of likely N-dealkylation sites (tertiary alicyclic amines) is 1. The number of piperidine rings is 1. The largest absolute Gasteiger partial charge is 0.462 e. The predicted octanol–water partition coefficient (Wildman–Crippen LogP) is 2.97. The van der Waals surface area contributed by atoms with Gasteiger partial charge in [-0.2, -0.15) is 0 Å². The summed E-state index contributed by atoms with van der Waals surface area (Å²) in [5, 5.41) is 0. The number of hydrogen-bond donors (Lipinski definition) is 1. The minimum Gasteiger partial charge on any atom is -0.462 e. The standard InChI is InChI=1S/C18H28N2O3/c1-6-23-18(22)16-13(4)17(19-14(16)5)15(21)10-20-8-11(2)7-12(3)9-20/h11-12,19H,6-10H2,1-5H3. The molecule has 0 bridgehead atoms. The van der Waals surface area contributed by atoms with Crippen LogP contribution >= 0.6 is 0 Å². The average Bonchev–Trinajstić information content (AvgIpc) is 2.73. The van der Waals surface area contributed by atoms with Gasteiger partial charge in [-0.15, -0.1) is 0 Å². The second kappa shape index (κ2) is 7.30. The Balaban J connectivity index is 2.14. The van der Waals surface area contributed by atoms with E-state index in [0.29, 0.717) is 47.5 Å². The number of nitrogens with zero attached hydrogens (tertiary/aromatic N) is 1. The summed E-state index contributed by atoms with van der Waals surface area (Å²) in [5.41, 5.74) is 2.43. The Kier molecular flexibility index (Phi) is 5.63. The van der Waals surface area contributed by atoms with Crippen LogP contribution < -0.4 is 0 Å². The molecular formula is C18H28N2O3. The average molecular weight is 320 g/mol. The minimum absolute atomic E-state index is 0.0439. The summed E-state index contributed by atoms with van der Waals surface area (Å²) < 4.78 is 5.08. The minimum atomic E-state index is -0.363. The van der Waals surface area contributed by atoms with E-state index in [1.165, 1.54) is 6.42 Å². The van der Waals surface area contributed by atoms with Crippen LogP contribution in [0.3, 0.4) is 0 Å². The van der Waals surface area contributed by atoms with Crippen LogP contribution in [0.4, 0.5) is 0 Å². The molecule has 5 heteroatoms. The van der Waals surface area contributed by atoms with E-state index in [4.69, 9.17) is 4.74 Å². The summed E-state index contributed by atoms with van der Waals surface area (Å²) in [6.07, 6.45) is 1.22. The van der Waals surface area contributed by atoms with Crippen molar-refractivity contribution < 1.29 is 14.3 Å². The van der Waals surface area contributed by atoms with Crippen molar-refractivity contribution in [3.63, 3.8) is 0 Å². The van der Waals surface area contributed by atoms with E-state index in [9.17, 15) is 9.59 Å². The van der Waals surface area contributed by atoms with Gasteiger partial charge in [-0.1, -0.05) is 13.8 Å². The summed E-state index contributed by atoms with van der Waals surface area (Å²) in [6.45, 7) is 12.5. The third-order valence-corrected chi connectivity index (χ3v) is 4.51. The molecular weight excluding hydrogens is 292 g/mol. The molecule has 5 nitrogen and oxygen atoms in total. The maximum atomic E-state index is 12.7. The van der Waals surface area contributed by atoms with Gasteiger partial charge in [0.15, 0.2) is 5.78 Å². The molecule has 0 saturated carbocycles. The van der Waals surface area contributed by atoms with Gasteiger partial charge in [-0.25, -0.2) is 4.79 Å². The molecule has 2 heterocycles. The van der Waals surface area contributed by atoms with Crippen LogP contribution in [-0.2, 0) is 4.74 Å². The number of aryl methyl sites for hydroxylation is 1. The van der Waals surface area contributed by atoms with E-state index in [0.717, 1.165) is 13.1 Å². The topological polar surface area (TPSA) is 62.4 Å². The quantitative estimate of drug-likeness (QED) is 0.669. The molecule has 1 aromatic rings. The molecule has 0 radical (unpaired) electrons. The zero-order valence-electron chi connectivity index (χ0n) is 14.9. The molecule has 0 aliphatic carbocycles. The van der Waals surface area contributed by atoms with Gasteiger partial charge in [0, 0.05) is 18.8 Å². The van der Waals surface area contributed by atoms with Crippen LogP contribution in [0.25, 0.3) is 0 Å². The maximum Gasteiger partial charge on any atom is 0.340 e. The van der Waals surface area contributed by atoms with Gasteiger partial charge in [0.1, 0.15) is 0 Å². The van der Waals surface area contributed by atoms with Gasteiger partial charge in [0.25, 0.3) is 0 Å². The van der Waals surface area contributed by atoms with Crippen LogP contribution in [0.2, 0.25) is 0 Å². The lowest BCUT2D eigenvalue weighted by atomic mass is 9.91. The van der Waals surface area contributed by atoms with Gasteiger partial charge < -0.3 is 9.72 Å². The SMILES string of the molecule is CCOC(=O)c1c(C)[nH]c(C(=O)CN2CC(C)CC(C)C2)c1C. The first-order valence-corrected chi connectivity index (χ1v) is 8.45. The zero-order valence-corrected chi connectivity index (χ0v) is 14.9. The van der Waals surface area contributed by atoms with Crippen molar-refractivity contribution in [2.75, 3.05) is 26.2 Å². The summed E-state index contributed by atoms with van der Waals surface area (Å²) in [5.74, 6) is 0.918. The molecule has 1 aliphatic heterocycles. The first-order valence-electron chi connectivity index (χ1n) is 8.45. The Morgan fingerprint density at radius 1 is 1.22 bits per heavy atom. The Morgan fingerprint density at radius 2 is 1.83 bits per heavy atom. The fourth-order valence-electron chi connectivity index (χ4n) is 3.74. The van der Waals surface area contributed by atoms with Crippen molar-refractivity contribution in [2.45, 2.75) is 41.0 Å². The predicted molar refractivity (Wildman–Crippen MR) is 89.9 cm³/mol. The third-order valence-electron chi connectivity index (χ3n) is 4.51. The number of ether oxygens (including phenoxy) is 1. The van der Waals surface area contributed by atoms with Crippen molar-refractivity contribution in [2.24, 2.45) is 11.8 Å². The second-order valence-electron chi connectivity index (χ2n) is 6.91. The molecule has 0 spiro atoms. The highest BCUT2D eigenvalue weighted by molar-refractivity contribution is 6.02. The molecule has 23 heavy (non-hydrogen) atoms. The normalized spacial score (nSPS) is 22.1. The molecule has 1 N–H and O–H groups in total. The van der Waals surface area contributed by atoms with Crippen molar-refractivity contribution in [1.82, 2.24) is 9.88 Å². The number of H-pyrrole nitrogens is 1. The number of ketones is 1. The lowest BCUT2D eigenvalue weighted by Crippen LogP contribution is -2.41. The second-order valence-corrected chi connectivity index (χ2v) is 6.91. The number of aromatic nitrogens is 1. The summed E-state index contributed by atoms with van der Waals surface area (Å²) in [6, 6.07) is 0. The monoisotopic (exact) mass is 320 g/mol. The van der Waals surface area contributed by atoms with E-state index in [-0.39, 0.29) is 11.8 Å². The van der Waals surface area contributed by atoms with E-state index in [1.54, 1.807) is 13.8 Å². The number of rotatable bonds is 5. The molecule has 0 aromatic carbocycles. The number of aromatic amines is 1. The summed E-state index contributed by atoms with van der Waals surface area (Å²) >= 11 is 0. The fraction of sp³-hybridized carbons (Fsp3) is 0.667. The highest BCUT2D eigenvalue weighted by atomic mass is 16.5. The van der Waals surface area contributed by atoms with Gasteiger partial charge >= 0.3 is 5.97 Å². The first-order chi connectivity index (χ1) is 10.8. The number of nitrogens with one attached hydrogen (secondary N) is 1. The molecule has 0 amide bonds. The Hall–Kier alpha value is -1.62. The first kappa shape index (κ1) is 17.7. The van der Waals surface area contributed by atoms with Crippen molar-refractivity contribution >= 4 is 11.8 Å². The van der Waals surface area contributed by atoms with Crippen molar-refractivity contribution in [1.29, 1.82) is 0 Å². The van der Waals surface area contributed by atoms with E-state index in [1.807, 2.05) is 6.92 Å². The molecule has 2 atom stereocenters. The summed E-state index contributed by atoms with van der Waals surface area (Å²) in [7, 11) is 0. The van der Waals surface area contributed by atoms with Crippen molar-refractivity contribution in [3.05, 3.63) is 22.5 Å². The highest BCUT2D eigenvalue weighted by Crippen LogP contribution is 2.23. The van der Waals surface area contributed by atoms with Crippen LogP contribution in [0, 0.1) is 25.7 Å². The highest BCUT2D eigenvalue weighted by Gasteiger charge is 2.27. The zero-order chi connectivity index (χ0) is 17.1. The number of Topliss-reactive ketones (excluding diaryl/α,β-unsaturated/α-hetero) is 1. The molecule has 1 aliphatic rings. The number of carbonyl (C=O) groups is 2. The molecule has 1 fully saturated rings. The Labute approximate surface area is 138 Å². The summed E-state index contributed by atoms with van der Waals surface area (Å²) in [4.78, 5) is 30.0. The Morgan fingerprint density at radius 3 is 2.39 bits per heavy atom. The van der Waals surface area contributed by atoms with E-state index >= 15 is 0 Å². The number of hydrogen-bond acceptors (Lipinski definition) is 4. The van der Waals surface area contributed by atoms with Crippen LogP contribution in [0.15, 0.2) is 0 Å².